The van der Waals surface area contributed by atoms with Gasteiger partial charge in [-0.2, -0.15) is 0 Å². The predicted octanol–water partition coefficient (Wildman–Crippen LogP) is 2.27. The van der Waals surface area contributed by atoms with E-state index in [4.69, 9.17) is 16.3 Å². The fourth-order valence-electron chi connectivity index (χ4n) is 1.54. The first kappa shape index (κ1) is 11.9. The van der Waals surface area contributed by atoms with E-state index in [-0.39, 0.29) is 0 Å². The molecule has 0 aliphatic rings. The van der Waals surface area contributed by atoms with Gasteiger partial charge in [-0.3, -0.25) is 4.68 Å². The van der Waals surface area contributed by atoms with Gasteiger partial charge in [-0.25, -0.2) is 0 Å². The summed E-state index contributed by atoms with van der Waals surface area (Å²) in [5.74, 6) is 1.28. The van der Waals surface area contributed by atoms with E-state index in [0.29, 0.717) is 5.88 Å². The lowest BCUT2D eigenvalue weighted by molar-refractivity contribution is 0.414. The third-order valence-corrected chi connectivity index (χ3v) is 2.79. The molecule has 1 heterocycles. The average Bonchev–Trinajstić information content (AvgIpc) is 2.85. The van der Waals surface area contributed by atoms with Crippen LogP contribution in [-0.4, -0.2) is 22.1 Å². The highest BCUT2D eigenvalue weighted by Crippen LogP contribution is 2.12. The molecule has 0 bridgehead atoms. The van der Waals surface area contributed by atoms with Crippen molar-refractivity contribution < 1.29 is 4.74 Å². The zero-order chi connectivity index (χ0) is 12.1. The van der Waals surface area contributed by atoms with Crippen molar-refractivity contribution in [3.05, 3.63) is 41.7 Å². The molecule has 4 nitrogen and oxygen atoms in total. The summed E-state index contributed by atoms with van der Waals surface area (Å²) in [6, 6.07) is 8.03. The number of ether oxygens (including phenoxy) is 1. The quantitative estimate of drug-likeness (QED) is 0.766. The van der Waals surface area contributed by atoms with Crippen LogP contribution in [0.25, 0.3) is 0 Å². The number of hydrogen-bond acceptors (Lipinski definition) is 3. The molecule has 1 aromatic heterocycles. The lowest BCUT2D eigenvalue weighted by atomic mass is 10.1. The monoisotopic (exact) mass is 251 g/mol. The Kier molecular flexibility index (Phi) is 3.98. The molecule has 0 amide bonds. The van der Waals surface area contributed by atoms with Gasteiger partial charge in [0.15, 0.2) is 0 Å². The highest BCUT2D eigenvalue weighted by atomic mass is 35.5. The van der Waals surface area contributed by atoms with Crippen molar-refractivity contribution in [1.82, 2.24) is 15.0 Å². The van der Waals surface area contributed by atoms with Gasteiger partial charge in [-0.15, -0.1) is 16.7 Å². The zero-order valence-corrected chi connectivity index (χ0v) is 10.4. The van der Waals surface area contributed by atoms with Crippen molar-refractivity contribution >= 4 is 11.6 Å². The molecule has 90 valence electrons. The minimum absolute atomic E-state index is 0.405. The van der Waals surface area contributed by atoms with E-state index in [1.165, 1.54) is 5.56 Å². The molecule has 17 heavy (non-hydrogen) atoms. The summed E-state index contributed by atoms with van der Waals surface area (Å²) in [4.78, 5) is 0. The molecule has 1 aromatic carbocycles. The van der Waals surface area contributed by atoms with Crippen LogP contribution >= 0.6 is 11.6 Å². The van der Waals surface area contributed by atoms with Gasteiger partial charge in [0.1, 0.15) is 5.75 Å². The molecular weight excluding hydrogens is 238 g/mol. The van der Waals surface area contributed by atoms with E-state index in [9.17, 15) is 0 Å². The SMILES string of the molecule is COc1ccc(CCn2cc(CCl)nn2)cc1. The first-order chi connectivity index (χ1) is 8.31. The molecule has 0 N–H and O–H groups in total. The topological polar surface area (TPSA) is 39.9 Å². The summed E-state index contributed by atoms with van der Waals surface area (Å²) in [5.41, 5.74) is 2.05. The first-order valence-electron chi connectivity index (χ1n) is 5.39. The lowest BCUT2D eigenvalue weighted by Gasteiger charge is -2.03. The molecule has 0 atom stereocenters. The van der Waals surface area contributed by atoms with Gasteiger partial charge >= 0.3 is 0 Å². The Balaban J connectivity index is 1.92. The molecule has 0 saturated carbocycles. The van der Waals surface area contributed by atoms with Crippen LogP contribution < -0.4 is 4.74 Å². The lowest BCUT2D eigenvalue weighted by Crippen LogP contribution is -2.02. The number of alkyl halides is 1. The second-order valence-electron chi connectivity index (χ2n) is 3.70. The van der Waals surface area contributed by atoms with E-state index in [1.807, 2.05) is 23.0 Å². The maximum atomic E-state index is 5.66. The summed E-state index contributed by atoms with van der Waals surface area (Å²) < 4.78 is 6.92. The molecular formula is C12H14ClN3O. The van der Waals surface area contributed by atoms with Crippen LogP contribution in [0.3, 0.4) is 0 Å². The van der Waals surface area contributed by atoms with Gasteiger partial charge in [0, 0.05) is 12.7 Å². The van der Waals surface area contributed by atoms with Gasteiger partial charge < -0.3 is 4.74 Å². The fourth-order valence-corrected chi connectivity index (χ4v) is 1.67. The Bertz CT molecular complexity index is 467. The smallest absolute Gasteiger partial charge is 0.118 e. The molecule has 0 spiro atoms. The van der Waals surface area contributed by atoms with E-state index >= 15 is 0 Å². The van der Waals surface area contributed by atoms with Crippen LogP contribution in [0, 0.1) is 0 Å². The van der Waals surface area contributed by atoms with E-state index in [0.717, 1.165) is 24.4 Å². The van der Waals surface area contributed by atoms with Crippen LogP contribution in [0.5, 0.6) is 5.75 Å². The summed E-state index contributed by atoms with van der Waals surface area (Å²) >= 11 is 5.66. The van der Waals surface area contributed by atoms with Gasteiger partial charge in [0.2, 0.25) is 0 Å². The Morgan fingerprint density at radius 2 is 2.06 bits per heavy atom. The third-order valence-electron chi connectivity index (χ3n) is 2.51. The van der Waals surface area contributed by atoms with Gasteiger partial charge in [0.25, 0.3) is 0 Å². The van der Waals surface area contributed by atoms with E-state index in [2.05, 4.69) is 22.4 Å². The maximum Gasteiger partial charge on any atom is 0.118 e. The molecule has 2 aromatic rings. The number of aryl methyl sites for hydroxylation is 2. The Hall–Kier alpha value is -1.55. The Morgan fingerprint density at radius 1 is 1.29 bits per heavy atom. The number of benzene rings is 1. The number of nitrogens with zero attached hydrogens (tertiary/aromatic N) is 3. The molecule has 0 radical (unpaired) electrons. The molecule has 0 fully saturated rings. The standard InChI is InChI=1S/C12H14ClN3O/c1-17-12-4-2-10(3-5-12)6-7-16-9-11(8-13)14-15-16/h2-5,9H,6-8H2,1H3. The van der Waals surface area contributed by atoms with Crippen molar-refractivity contribution in [3.63, 3.8) is 0 Å². The van der Waals surface area contributed by atoms with Crippen molar-refractivity contribution in [2.75, 3.05) is 7.11 Å². The average molecular weight is 252 g/mol. The predicted molar refractivity (Wildman–Crippen MR) is 66.3 cm³/mol. The van der Waals surface area contributed by atoms with Crippen molar-refractivity contribution in [2.24, 2.45) is 0 Å². The first-order valence-corrected chi connectivity index (χ1v) is 5.93. The second-order valence-corrected chi connectivity index (χ2v) is 3.97. The van der Waals surface area contributed by atoms with Gasteiger partial charge in [-0.05, 0) is 24.1 Å². The second kappa shape index (κ2) is 5.68. The van der Waals surface area contributed by atoms with Crippen molar-refractivity contribution in [2.45, 2.75) is 18.8 Å². The molecule has 0 aliphatic heterocycles. The number of methoxy groups -OCH3 is 1. The maximum absolute atomic E-state index is 5.66. The Morgan fingerprint density at radius 3 is 2.65 bits per heavy atom. The fraction of sp³-hybridized carbons (Fsp3) is 0.333. The molecule has 0 saturated heterocycles. The minimum Gasteiger partial charge on any atom is -0.497 e. The highest BCUT2D eigenvalue weighted by Gasteiger charge is 2.00. The summed E-state index contributed by atoms with van der Waals surface area (Å²) in [6.07, 6.45) is 2.78. The molecule has 0 aliphatic carbocycles. The normalized spacial score (nSPS) is 10.5. The summed E-state index contributed by atoms with van der Waals surface area (Å²) in [5, 5.41) is 7.93. The largest absolute Gasteiger partial charge is 0.497 e. The number of halogens is 1. The van der Waals surface area contributed by atoms with Crippen LogP contribution in [0.2, 0.25) is 0 Å². The molecule has 5 heteroatoms. The van der Waals surface area contributed by atoms with Crippen LogP contribution in [0.4, 0.5) is 0 Å². The number of aromatic nitrogens is 3. The highest BCUT2D eigenvalue weighted by molar-refractivity contribution is 6.16. The van der Waals surface area contributed by atoms with E-state index in [1.54, 1.807) is 7.11 Å². The van der Waals surface area contributed by atoms with Crippen LogP contribution in [0.1, 0.15) is 11.3 Å². The minimum atomic E-state index is 0.405. The summed E-state index contributed by atoms with van der Waals surface area (Å²) in [6.45, 7) is 0.802. The molecule has 0 unspecified atom stereocenters. The summed E-state index contributed by atoms with van der Waals surface area (Å²) in [7, 11) is 1.66. The number of rotatable bonds is 5. The van der Waals surface area contributed by atoms with Gasteiger partial charge in [-0.1, -0.05) is 17.3 Å². The van der Waals surface area contributed by atoms with Crippen molar-refractivity contribution in [1.29, 1.82) is 0 Å². The van der Waals surface area contributed by atoms with E-state index < -0.39 is 0 Å². The third kappa shape index (κ3) is 3.20. The van der Waals surface area contributed by atoms with Crippen LogP contribution in [-0.2, 0) is 18.8 Å². The van der Waals surface area contributed by atoms with Crippen molar-refractivity contribution in [3.8, 4) is 5.75 Å². The Labute approximate surface area is 105 Å². The molecule has 2 rings (SSSR count). The zero-order valence-electron chi connectivity index (χ0n) is 9.64. The number of hydrogen-bond donors (Lipinski definition) is 0. The van der Waals surface area contributed by atoms with Crippen LogP contribution in [0.15, 0.2) is 30.5 Å². The van der Waals surface area contributed by atoms with Gasteiger partial charge in [0.05, 0.1) is 18.7 Å².